The number of halogens is 3. The monoisotopic (exact) mass is 574 g/mol. The van der Waals surface area contributed by atoms with E-state index in [1.54, 1.807) is 0 Å². The maximum atomic E-state index is 13.8. The number of piperidine rings is 1. The fourth-order valence-electron chi connectivity index (χ4n) is 5.34. The highest BCUT2D eigenvalue weighted by molar-refractivity contribution is 7.91. The molecule has 0 saturated carbocycles. The molecule has 4 unspecified atom stereocenters. The quantitative estimate of drug-likeness (QED) is 0.293. The van der Waals surface area contributed by atoms with Crippen LogP contribution in [0.2, 0.25) is 0 Å². The van der Waals surface area contributed by atoms with E-state index in [2.05, 4.69) is 68.7 Å². The molecular weight excluding hydrogens is 541 g/mol. The van der Waals surface area contributed by atoms with Gasteiger partial charge >= 0.3 is 6.36 Å². The molecule has 1 aliphatic rings. The van der Waals surface area contributed by atoms with Crippen molar-refractivity contribution in [2.45, 2.75) is 55.6 Å². The number of aliphatic hydroxyl groups excluding tert-OH is 1. The van der Waals surface area contributed by atoms with Crippen LogP contribution < -0.4 is 14.8 Å². The average molecular weight is 575 g/mol. The SMILES string of the molecule is CN=S(=O)(NC1CNCC(n2c3ccccc3c3cc(C(C)(C)C)ccc32)C1O)c1ccc(OC(F)(F)F)cc1. The molecular formula is C29H33F3N4O3S. The van der Waals surface area contributed by atoms with E-state index in [0.717, 1.165) is 33.9 Å². The topological polar surface area (TPSA) is 87.9 Å². The van der Waals surface area contributed by atoms with Gasteiger partial charge in [-0.1, -0.05) is 45.0 Å². The van der Waals surface area contributed by atoms with Gasteiger partial charge in [0.25, 0.3) is 0 Å². The molecule has 1 fully saturated rings. The molecule has 3 N–H and O–H groups in total. The van der Waals surface area contributed by atoms with Gasteiger partial charge in [-0.3, -0.25) is 0 Å². The lowest BCUT2D eigenvalue weighted by atomic mass is 9.86. The third-order valence-electron chi connectivity index (χ3n) is 7.38. The molecule has 0 bridgehead atoms. The minimum Gasteiger partial charge on any atom is -0.406 e. The maximum absolute atomic E-state index is 13.8. The summed E-state index contributed by atoms with van der Waals surface area (Å²) in [7, 11) is -1.90. The van der Waals surface area contributed by atoms with Crippen LogP contribution in [-0.4, -0.2) is 52.5 Å². The molecule has 11 heteroatoms. The van der Waals surface area contributed by atoms with Crippen molar-refractivity contribution in [2.75, 3.05) is 20.1 Å². The third-order valence-corrected chi connectivity index (χ3v) is 9.42. The number of para-hydroxylation sites is 1. The smallest absolute Gasteiger partial charge is 0.406 e. The second kappa shape index (κ2) is 10.4. The van der Waals surface area contributed by atoms with Gasteiger partial charge in [-0.25, -0.2) is 13.3 Å². The number of alkyl halides is 3. The van der Waals surface area contributed by atoms with E-state index in [1.165, 1.54) is 24.7 Å². The van der Waals surface area contributed by atoms with Crippen molar-refractivity contribution in [2.24, 2.45) is 4.36 Å². The molecule has 1 aromatic heterocycles. The molecule has 4 atom stereocenters. The lowest BCUT2D eigenvalue weighted by molar-refractivity contribution is -0.274. The van der Waals surface area contributed by atoms with Gasteiger partial charge in [-0.15, -0.1) is 13.2 Å². The van der Waals surface area contributed by atoms with E-state index in [-0.39, 0.29) is 10.3 Å². The summed E-state index contributed by atoms with van der Waals surface area (Å²) >= 11 is 0. The second-order valence-corrected chi connectivity index (χ2v) is 13.2. The number of rotatable bonds is 5. The highest BCUT2D eigenvalue weighted by Crippen LogP contribution is 2.37. The summed E-state index contributed by atoms with van der Waals surface area (Å²) < 4.78 is 64.6. The Labute approximate surface area is 231 Å². The summed E-state index contributed by atoms with van der Waals surface area (Å²) in [5.74, 6) is -0.422. The molecule has 5 rings (SSSR count). The third kappa shape index (κ3) is 5.43. The fraction of sp³-hybridized carbons (Fsp3) is 0.379. The molecule has 0 spiro atoms. The molecule has 1 aliphatic heterocycles. The number of aliphatic hydroxyl groups is 1. The first-order valence-electron chi connectivity index (χ1n) is 13.0. The summed E-state index contributed by atoms with van der Waals surface area (Å²) in [4.78, 5) is 0.186. The zero-order valence-electron chi connectivity index (χ0n) is 22.7. The van der Waals surface area contributed by atoms with Gasteiger partial charge in [-0.05, 0) is 53.4 Å². The van der Waals surface area contributed by atoms with Gasteiger partial charge in [0.1, 0.15) is 15.7 Å². The number of nitrogens with one attached hydrogen (secondary N) is 2. The Morgan fingerprint density at radius 1 is 1.00 bits per heavy atom. The molecule has 7 nitrogen and oxygen atoms in total. The van der Waals surface area contributed by atoms with Crippen molar-refractivity contribution >= 4 is 31.7 Å². The largest absolute Gasteiger partial charge is 0.573 e. The Morgan fingerprint density at radius 3 is 2.33 bits per heavy atom. The summed E-state index contributed by atoms with van der Waals surface area (Å²) in [5.41, 5.74) is 3.15. The molecule has 1 saturated heterocycles. The van der Waals surface area contributed by atoms with Crippen LogP contribution >= 0.6 is 0 Å². The minimum atomic E-state index is -4.83. The van der Waals surface area contributed by atoms with Crippen LogP contribution in [0.4, 0.5) is 13.2 Å². The van der Waals surface area contributed by atoms with Crippen molar-refractivity contribution in [1.29, 1.82) is 0 Å². The second-order valence-electron chi connectivity index (χ2n) is 11.0. The Hall–Kier alpha value is -3.12. The number of ether oxygens (including phenoxy) is 1. The molecule has 3 aromatic carbocycles. The van der Waals surface area contributed by atoms with E-state index >= 15 is 0 Å². The first-order valence-corrected chi connectivity index (χ1v) is 14.5. The standard InChI is InChI=1S/C29H33F3N4O3S/c1-28(2,3)18-9-14-25-22(15-18)21-7-5-6-8-24(21)36(25)26-17-34-16-23(27(26)37)35-40(38,33-4)20-12-10-19(11-13-20)39-29(30,31)32/h5-15,23,26-27,34,37H,16-17H2,1-4H3,(H,33,35,38). The number of aromatic nitrogens is 1. The minimum absolute atomic E-state index is 0.0285. The Morgan fingerprint density at radius 2 is 1.68 bits per heavy atom. The van der Waals surface area contributed by atoms with E-state index in [4.69, 9.17) is 0 Å². The van der Waals surface area contributed by atoms with Gasteiger partial charge in [-0.2, -0.15) is 0 Å². The highest BCUT2D eigenvalue weighted by atomic mass is 32.2. The van der Waals surface area contributed by atoms with Crippen molar-refractivity contribution in [3.8, 4) is 5.75 Å². The van der Waals surface area contributed by atoms with E-state index < -0.39 is 40.2 Å². The Kier molecular flexibility index (Phi) is 7.37. The molecule has 0 aliphatic carbocycles. The van der Waals surface area contributed by atoms with Crippen molar-refractivity contribution in [3.05, 3.63) is 72.3 Å². The number of benzene rings is 3. The Bertz CT molecular complexity index is 1650. The van der Waals surface area contributed by atoms with Gasteiger partial charge < -0.3 is 19.7 Å². The van der Waals surface area contributed by atoms with Gasteiger partial charge in [0.2, 0.25) is 0 Å². The molecule has 0 radical (unpaired) electrons. The molecule has 40 heavy (non-hydrogen) atoms. The van der Waals surface area contributed by atoms with Gasteiger partial charge in [0, 0.05) is 41.9 Å². The summed E-state index contributed by atoms with van der Waals surface area (Å²) in [6, 6.07) is 18.2. The van der Waals surface area contributed by atoms with E-state index in [9.17, 15) is 22.5 Å². The lowest BCUT2D eigenvalue weighted by Gasteiger charge is -2.38. The van der Waals surface area contributed by atoms with Crippen LogP contribution in [0.25, 0.3) is 21.8 Å². The molecule has 2 heterocycles. The molecule has 4 aromatic rings. The predicted molar refractivity (Wildman–Crippen MR) is 151 cm³/mol. The zero-order chi connectivity index (χ0) is 28.9. The van der Waals surface area contributed by atoms with Crippen LogP contribution in [0, 0.1) is 0 Å². The Balaban J connectivity index is 1.48. The molecule has 0 amide bonds. The average Bonchev–Trinajstić information content (AvgIpc) is 3.22. The first-order chi connectivity index (χ1) is 18.8. The van der Waals surface area contributed by atoms with Crippen molar-refractivity contribution in [1.82, 2.24) is 14.6 Å². The molecule has 214 valence electrons. The van der Waals surface area contributed by atoms with Crippen LogP contribution in [0.3, 0.4) is 0 Å². The normalized spacial score (nSPS) is 21.9. The van der Waals surface area contributed by atoms with E-state index in [1.807, 2.05) is 18.2 Å². The predicted octanol–water partition coefficient (Wildman–Crippen LogP) is 5.53. The summed E-state index contributed by atoms with van der Waals surface area (Å²) in [6.07, 6.45) is -5.78. The fourth-order valence-corrected chi connectivity index (χ4v) is 6.93. The summed E-state index contributed by atoms with van der Waals surface area (Å²) in [6.45, 7) is 7.33. The lowest BCUT2D eigenvalue weighted by Crippen LogP contribution is -2.58. The number of nitrogens with zero attached hydrogens (tertiary/aromatic N) is 2. The van der Waals surface area contributed by atoms with Crippen molar-refractivity contribution in [3.63, 3.8) is 0 Å². The number of hydrogen-bond acceptors (Lipinski definition) is 5. The van der Waals surface area contributed by atoms with Crippen LogP contribution in [0.1, 0.15) is 32.4 Å². The van der Waals surface area contributed by atoms with Gasteiger partial charge in [0.05, 0.1) is 23.1 Å². The number of fused-ring (bicyclic) bond motifs is 3. The van der Waals surface area contributed by atoms with Crippen LogP contribution in [0.5, 0.6) is 5.75 Å². The maximum Gasteiger partial charge on any atom is 0.573 e. The van der Waals surface area contributed by atoms with Gasteiger partial charge in [0.15, 0.2) is 0 Å². The van der Waals surface area contributed by atoms with Crippen LogP contribution in [-0.2, 0) is 15.3 Å². The van der Waals surface area contributed by atoms with Crippen molar-refractivity contribution < 1.29 is 27.2 Å². The number of hydrogen-bond donors (Lipinski definition) is 3. The van der Waals surface area contributed by atoms with E-state index in [0.29, 0.717) is 13.1 Å². The summed E-state index contributed by atoms with van der Waals surface area (Å²) in [5, 5.41) is 17.2. The zero-order valence-corrected chi connectivity index (χ0v) is 23.5. The van der Waals surface area contributed by atoms with Crippen LogP contribution in [0.15, 0.2) is 76.0 Å². The first kappa shape index (κ1) is 28.4. The highest BCUT2D eigenvalue weighted by Gasteiger charge is 2.37.